The molecule has 1 saturated heterocycles. The average molecular weight is 284 g/mol. The predicted molar refractivity (Wildman–Crippen MR) is 73.3 cm³/mol. The Morgan fingerprint density at radius 2 is 1.95 bits per heavy atom. The van der Waals surface area contributed by atoms with Gasteiger partial charge < -0.3 is 20.4 Å². The largest absolute Gasteiger partial charge is 0.480 e. The molecule has 4 atom stereocenters. The highest BCUT2D eigenvalue weighted by molar-refractivity contribution is 5.83. The van der Waals surface area contributed by atoms with Crippen LogP contribution in [0.4, 0.5) is 4.79 Å². The van der Waals surface area contributed by atoms with Crippen molar-refractivity contribution in [3.63, 3.8) is 0 Å². The molecule has 0 aromatic carbocycles. The van der Waals surface area contributed by atoms with Crippen molar-refractivity contribution < 1.29 is 19.8 Å². The first-order valence-corrected chi connectivity index (χ1v) is 7.45. The number of carbonyl (C=O) groups is 2. The number of rotatable bonds is 2. The van der Waals surface area contributed by atoms with E-state index in [1.54, 1.807) is 0 Å². The number of aliphatic carboxylic acids is 1. The Balaban J connectivity index is 1.92. The van der Waals surface area contributed by atoms with Gasteiger partial charge in [0.25, 0.3) is 0 Å². The maximum atomic E-state index is 12.2. The van der Waals surface area contributed by atoms with Crippen LogP contribution in [0.25, 0.3) is 0 Å². The van der Waals surface area contributed by atoms with Gasteiger partial charge in [-0.3, -0.25) is 0 Å². The van der Waals surface area contributed by atoms with Crippen LogP contribution < -0.4 is 5.32 Å². The van der Waals surface area contributed by atoms with Gasteiger partial charge in [0.05, 0.1) is 6.10 Å². The number of carbonyl (C=O) groups excluding carboxylic acids is 1. The second kappa shape index (κ2) is 6.43. The van der Waals surface area contributed by atoms with E-state index in [-0.39, 0.29) is 25.0 Å². The Morgan fingerprint density at radius 1 is 1.20 bits per heavy atom. The molecular formula is C14H24N2O4. The van der Waals surface area contributed by atoms with Crippen molar-refractivity contribution in [3.05, 3.63) is 0 Å². The molecule has 0 spiro atoms. The highest BCUT2D eigenvalue weighted by Gasteiger charge is 2.39. The molecule has 1 heterocycles. The zero-order valence-electron chi connectivity index (χ0n) is 11.9. The van der Waals surface area contributed by atoms with Gasteiger partial charge in [0.1, 0.15) is 6.04 Å². The number of amides is 2. The lowest BCUT2D eigenvalue weighted by Gasteiger charge is -2.25. The molecule has 1 saturated carbocycles. The molecule has 4 unspecified atom stereocenters. The van der Waals surface area contributed by atoms with E-state index < -0.39 is 18.1 Å². The summed E-state index contributed by atoms with van der Waals surface area (Å²) in [5.41, 5.74) is 0. The molecule has 0 aromatic rings. The first-order valence-electron chi connectivity index (χ1n) is 7.45. The lowest BCUT2D eigenvalue weighted by molar-refractivity contribution is -0.141. The molecule has 0 aromatic heterocycles. The van der Waals surface area contributed by atoms with Crippen molar-refractivity contribution >= 4 is 12.0 Å². The monoisotopic (exact) mass is 284 g/mol. The fourth-order valence-electron chi connectivity index (χ4n) is 3.16. The van der Waals surface area contributed by atoms with E-state index in [0.29, 0.717) is 5.92 Å². The standard InChI is InChI=1S/C14H24N2O4/c1-9-3-2-4-10(6-5-9)15-14(20)16-8-11(17)7-12(16)13(18)19/h9-12,17H,2-8H2,1H3,(H,15,20)(H,18,19). The molecule has 6 heteroatoms. The van der Waals surface area contributed by atoms with Crippen molar-refractivity contribution in [2.75, 3.05) is 6.54 Å². The number of aliphatic hydroxyl groups is 1. The third-order valence-electron chi connectivity index (χ3n) is 4.41. The zero-order chi connectivity index (χ0) is 14.7. The van der Waals surface area contributed by atoms with Gasteiger partial charge in [0.15, 0.2) is 0 Å². The molecule has 0 bridgehead atoms. The molecule has 114 valence electrons. The highest BCUT2D eigenvalue weighted by Crippen LogP contribution is 2.24. The molecule has 2 aliphatic rings. The lowest BCUT2D eigenvalue weighted by atomic mass is 10.0. The van der Waals surface area contributed by atoms with E-state index in [9.17, 15) is 14.7 Å². The van der Waals surface area contributed by atoms with E-state index in [1.807, 2.05) is 0 Å². The summed E-state index contributed by atoms with van der Waals surface area (Å²) in [4.78, 5) is 24.6. The number of β-amino-alcohol motifs (C(OH)–C–C–N with tert-alkyl or cyclic N) is 1. The maximum absolute atomic E-state index is 12.2. The van der Waals surface area contributed by atoms with E-state index in [4.69, 9.17) is 5.11 Å². The van der Waals surface area contributed by atoms with Gasteiger partial charge in [-0.2, -0.15) is 0 Å². The number of hydrogen-bond acceptors (Lipinski definition) is 3. The molecule has 2 fully saturated rings. The van der Waals surface area contributed by atoms with Crippen LogP contribution >= 0.6 is 0 Å². The fourth-order valence-corrected chi connectivity index (χ4v) is 3.16. The Kier molecular flexibility index (Phi) is 4.86. The number of aliphatic hydroxyl groups excluding tert-OH is 1. The van der Waals surface area contributed by atoms with Crippen molar-refractivity contribution in [2.24, 2.45) is 5.92 Å². The Bertz CT molecular complexity index is 374. The molecule has 2 rings (SSSR count). The third kappa shape index (κ3) is 3.62. The van der Waals surface area contributed by atoms with Crippen LogP contribution in [0.1, 0.15) is 45.4 Å². The second-order valence-electron chi connectivity index (χ2n) is 6.16. The summed E-state index contributed by atoms with van der Waals surface area (Å²) in [6.07, 6.45) is 4.64. The van der Waals surface area contributed by atoms with Crippen LogP contribution in [-0.2, 0) is 4.79 Å². The fraction of sp³-hybridized carbons (Fsp3) is 0.857. The number of carboxylic acids is 1. The molecule has 2 amide bonds. The number of nitrogens with one attached hydrogen (secondary N) is 1. The topological polar surface area (TPSA) is 89.9 Å². The second-order valence-corrected chi connectivity index (χ2v) is 6.16. The number of hydrogen-bond donors (Lipinski definition) is 3. The van der Waals surface area contributed by atoms with E-state index in [2.05, 4.69) is 12.2 Å². The first-order chi connectivity index (χ1) is 9.47. The van der Waals surface area contributed by atoms with Crippen LogP contribution in [0.15, 0.2) is 0 Å². The van der Waals surface area contributed by atoms with Crippen molar-refractivity contribution in [2.45, 2.75) is 63.6 Å². The number of nitrogens with zero attached hydrogens (tertiary/aromatic N) is 1. The molecule has 0 radical (unpaired) electrons. The van der Waals surface area contributed by atoms with Crippen LogP contribution in [0, 0.1) is 5.92 Å². The van der Waals surface area contributed by atoms with Crippen LogP contribution in [-0.4, -0.2) is 51.8 Å². The van der Waals surface area contributed by atoms with Crippen molar-refractivity contribution in [1.82, 2.24) is 10.2 Å². The summed E-state index contributed by atoms with van der Waals surface area (Å²) in [6, 6.07) is -1.14. The van der Waals surface area contributed by atoms with Gasteiger partial charge in [-0.25, -0.2) is 9.59 Å². The van der Waals surface area contributed by atoms with Crippen molar-refractivity contribution in [3.8, 4) is 0 Å². The third-order valence-corrected chi connectivity index (χ3v) is 4.41. The smallest absolute Gasteiger partial charge is 0.326 e. The molecular weight excluding hydrogens is 260 g/mol. The number of likely N-dealkylation sites (tertiary alicyclic amines) is 1. The quantitative estimate of drug-likeness (QED) is 0.664. The Labute approximate surface area is 119 Å². The normalized spacial score (nSPS) is 34.6. The minimum Gasteiger partial charge on any atom is -0.480 e. The molecule has 3 N–H and O–H groups in total. The Hall–Kier alpha value is -1.30. The first kappa shape index (κ1) is 15.1. The number of urea groups is 1. The highest BCUT2D eigenvalue weighted by atomic mass is 16.4. The minimum atomic E-state index is -1.05. The average Bonchev–Trinajstić information content (AvgIpc) is 2.67. The summed E-state index contributed by atoms with van der Waals surface area (Å²) in [6.45, 7) is 2.33. The Morgan fingerprint density at radius 3 is 2.65 bits per heavy atom. The SMILES string of the molecule is CC1CCCC(NC(=O)N2CC(O)CC2C(=O)O)CC1. The van der Waals surface area contributed by atoms with E-state index in [0.717, 1.165) is 25.7 Å². The van der Waals surface area contributed by atoms with Gasteiger partial charge in [-0.05, 0) is 25.2 Å². The van der Waals surface area contributed by atoms with Gasteiger partial charge in [0.2, 0.25) is 0 Å². The predicted octanol–water partition coefficient (Wildman–Crippen LogP) is 1.18. The van der Waals surface area contributed by atoms with E-state index in [1.165, 1.54) is 11.3 Å². The maximum Gasteiger partial charge on any atom is 0.326 e. The summed E-state index contributed by atoms with van der Waals surface area (Å²) in [5, 5.41) is 21.6. The minimum absolute atomic E-state index is 0.103. The molecule has 6 nitrogen and oxygen atoms in total. The zero-order valence-corrected chi connectivity index (χ0v) is 11.9. The van der Waals surface area contributed by atoms with Gasteiger partial charge in [-0.1, -0.05) is 19.8 Å². The van der Waals surface area contributed by atoms with E-state index >= 15 is 0 Å². The molecule has 20 heavy (non-hydrogen) atoms. The van der Waals surface area contributed by atoms with Crippen LogP contribution in [0.5, 0.6) is 0 Å². The molecule has 1 aliphatic carbocycles. The van der Waals surface area contributed by atoms with Crippen molar-refractivity contribution in [1.29, 1.82) is 0 Å². The number of carboxylic acid groups (broad SMARTS) is 1. The summed E-state index contributed by atoms with van der Waals surface area (Å²) < 4.78 is 0. The lowest BCUT2D eigenvalue weighted by Crippen LogP contribution is -2.49. The summed E-state index contributed by atoms with van der Waals surface area (Å²) in [7, 11) is 0. The van der Waals surface area contributed by atoms with Gasteiger partial charge >= 0.3 is 12.0 Å². The summed E-state index contributed by atoms with van der Waals surface area (Å²) >= 11 is 0. The summed E-state index contributed by atoms with van der Waals surface area (Å²) in [5.74, 6) is -0.358. The van der Waals surface area contributed by atoms with Gasteiger partial charge in [-0.15, -0.1) is 0 Å². The van der Waals surface area contributed by atoms with Gasteiger partial charge in [0, 0.05) is 19.0 Å². The molecule has 1 aliphatic heterocycles. The van der Waals surface area contributed by atoms with Crippen LogP contribution in [0.2, 0.25) is 0 Å². The van der Waals surface area contributed by atoms with Crippen LogP contribution in [0.3, 0.4) is 0 Å².